The summed E-state index contributed by atoms with van der Waals surface area (Å²) >= 11 is 7.11. The zero-order valence-corrected chi connectivity index (χ0v) is 13.2. The molecule has 0 aliphatic carbocycles. The van der Waals surface area contributed by atoms with Gasteiger partial charge in [-0.25, -0.2) is 8.42 Å². The van der Waals surface area contributed by atoms with Crippen molar-refractivity contribution >= 4 is 38.1 Å². The summed E-state index contributed by atoms with van der Waals surface area (Å²) in [6.07, 6.45) is 0. The van der Waals surface area contributed by atoms with Crippen molar-refractivity contribution in [2.75, 3.05) is 11.8 Å². The molecule has 0 fully saturated rings. The van der Waals surface area contributed by atoms with Gasteiger partial charge in [0.05, 0.1) is 4.90 Å². The molecular weight excluding hydrogens is 320 g/mol. The van der Waals surface area contributed by atoms with Gasteiger partial charge in [-0.05, 0) is 37.2 Å². The normalized spacial score (nSPS) is 11.6. The molecule has 0 saturated heterocycles. The highest BCUT2D eigenvalue weighted by atomic mass is 35.5. The fourth-order valence-corrected chi connectivity index (χ4v) is 4.06. The van der Waals surface area contributed by atoms with E-state index in [0.717, 1.165) is 16.9 Å². The van der Waals surface area contributed by atoms with Gasteiger partial charge in [-0.3, -0.25) is 4.72 Å². The minimum atomic E-state index is -3.73. The molecule has 1 heterocycles. The van der Waals surface area contributed by atoms with Gasteiger partial charge in [0.2, 0.25) is 5.13 Å². The molecule has 20 heavy (non-hydrogen) atoms. The number of aromatic nitrogens is 2. The van der Waals surface area contributed by atoms with Gasteiger partial charge < -0.3 is 5.32 Å². The SMILES string of the molecule is CNCc1cc(Cl)cc(S(=O)(=O)Nc2nncs2)c1C. The van der Waals surface area contributed by atoms with Gasteiger partial charge in [0, 0.05) is 11.6 Å². The topological polar surface area (TPSA) is 84.0 Å². The Morgan fingerprint density at radius 1 is 1.40 bits per heavy atom. The van der Waals surface area contributed by atoms with Gasteiger partial charge in [-0.1, -0.05) is 22.9 Å². The molecule has 0 aliphatic rings. The summed E-state index contributed by atoms with van der Waals surface area (Å²) in [4.78, 5) is 0.144. The van der Waals surface area contributed by atoms with Crippen LogP contribution in [-0.4, -0.2) is 25.7 Å². The van der Waals surface area contributed by atoms with E-state index in [2.05, 4.69) is 20.2 Å². The maximum absolute atomic E-state index is 12.4. The average Bonchev–Trinajstić information content (AvgIpc) is 2.85. The molecule has 0 amide bonds. The van der Waals surface area contributed by atoms with Crippen LogP contribution in [0.15, 0.2) is 22.5 Å². The summed E-state index contributed by atoms with van der Waals surface area (Å²) in [5, 5.41) is 10.8. The number of hydrogen-bond donors (Lipinski definition) is 2. The fourth-order valence-electron chi connectivity index (χ4n) is 1.75. The molecular formula is C11H13ClN4O2S2. The summed E-state index contributed by atoms with van der Waals surface area (Å²) in [6, 6.07) is 3.18. The lowest BCUT2D eigenvalue weighted by Gasteiger charge is -2.13. The molecule has 6 nitrogen and oxygen atoms in total. The van der Waals surface area contributed by atoms with E-state index < -0.39 is 10.0 Å². The number of halogens is 1. The number of hydrogen-bond acceptors (Lipinski definition) is 6. The molecule has 108 valence electrons. The quantitative estimate of drug-likeness (QED) is 0.875. The van der Waals surface area contributed by atoms with E-state index in [-0.39, 0.29) is 10.0 Å². The van der Waals surface area contributed by atoms with E-state index in [0.29, 0.717) is 17.1 Å². The summed E-state index contributed by atoms with van der Waals surface area (Å²) < 4.78 is 27.1. The summed E-state index contributed by atoms with van der Waals surface area (Å²) in [6.45, 7) is 2.28. The lowest BCUT2D eigenvalue weighted by atomic mass is 10.1. The summed E-state index contributed by atoms with van der Waals surface area (Å²) in [5.74, 6) is 0. The van der Waals surface area contributed by atoms with Crippen molar-refractivity contribution < 1.29 is 8.42 Å². The average molecular weight is 333 g/mol. The van der Waals surface area contributed by atoms with Crippen LogP contribution in [0.1, 0.15) is 11.1 Å². The van der Waals surface area contributed by atoms with Crippen LogP contribution in [0.25, 0.3) is 0 Å². The van der Waals surface area contributed by atoms with Gasteiger partial charge in [0.15, 0.2) is 0 Å². The molecule has 0 saturated carbocycles. The van der Waals surface area contributed by atoms with Crippen LogP contribution >= 0.6 is 22.9 Å². The number of nitrogens with one attached hydrogen (secondary N) is 2. The second-order valence-corrected chi connectivity index (χ2v) is 6.99. The van der Waals surface area contributed by atoms with Crippen LogP contribution in [0.4, 0.5) is 5.13 Å². The lowest BCUT2D eigenvalue weighted by molar-refractivity contribution is 0.600. The predicted octanol–water partition coefficient (Wildman–Crippen LogP) is 2.02. The zero-order chi connectivity index (χ0) is 14.8. The third-order valence-electron chi connectivity index (χ3n) is 2.67. The molecule has 0 unspecified atom stereocenters. The molecule has 2 rings (SSSR count). The molecule has 0 bridgehead atoms. The van der Waals surface area contributed by atoms with E-state index in [1.165, 1.54) is 11.6 Å². The van der Waals surface area contributed by atoms with Gasteiger partial charge in [-0.15, -0.1) is 10.2 Å². The van der Waals surface area contributed by atoms with Crippen LogP contribution < -0.4 is 10.0 Å². The predicted molar refractivity (Wildman–Crippen MR) is 79.7 cm³/mol. The molecule has 0 atom stereocenters. The van der Waals surface area contributed by atoms with Gasteiger partial charge >= 0.3 is 0 Å². The first-order valence-corrected chi connectivity index (χ1v) is 8.40. The number of anilines is 1. The second-order valence-electron chi connectivity index (χ2n) is 4.07. The maximum atomic E-state index is 12.4. The standard InChI is InChI=1S/C11H13ClN4O2S2/c1-7-8(5-13-2)3-9(12)4-10(7)20(17,18)16-11-15-14-6-19-11/h3-4,6,13H,5H2,1-2H3,(H,15,16). The number of benzene rings is 1. The molecule has 1 aromatic carbocycles. The van der Waals surface area contributed by atoms with Crippen LogP contribution in [0.2, 0.25) is 5.02 Å². The van der Waals surface area contributed by atoms with E-state index in [9.17, 15) is 8.42 Å². The van der Waals surface area contributed by atoms with Crippen LogP contribution in [-0.2, 0) is 16.6 Å². The lowest BCUT2D eigenvalue weighted by Crippen LogP contribution is -2.16. The number of sulfonamides is 1. The van der Waals surface area contributed by atoms with Crippen molar-refractivity contribution in [1.29, 1.82) is 0 Å². The third-order valence-corrected chi connectivity index (χ3v) is 5.09. The van der Waals surface area contributed by atoms with Crippen LogP contribution in [0.3, 0.4) is 0 Å². The molecule has 0 aliphatic heterocycles. The maximum Gasteiger partial charge on any atom is 0.264 e. The molecule has 0 spiro atoms. The summed E-state index contributed by atoms with van der Waals surface area (Å²) in [5.41, 5.74) is 2.94. The van der Waals surface area contributed by atoms with Crippen molar-refractivity contribution in [3.8, 4) is 0 Å². The highest BCUT2D eigenvalue weighted by Crippen LogP contribution is 2.26. The van der Waals surface area contributed by atoms with E-state index in [1.807, 2.05) is 0 Å². The van der Waals surface area contributed by atoms with Crippen molar-refractivity contribution in [1.82, 2.24) is 15.5 Å². The highest BCUT2D eigenvalue weighted by Gasteiger charge is 2.20. The molecule has 0 radical (unpaired) electrons. The van der Waals surface area contributed by atoms with Crippen LogP contribution in [0, 0.1) is 6.92 Å². The smallest absolute Gasteiger partial charge is 0.264 e. The highest BCUT2D eigenvalue weighted by molar-refractivity contribution is 7.93. The first-order chi connectivity index (χ1) is 9.44. The Bertz CT molecular complexity index is 701. The molecule has 9 heteroatoms. The van der Waals surface area contributed by atoms with Crippen LogP contribution in [0.5, 0.6) is 0 Å². The van der Waals surface area contributed by atoms with Crippen molar-refractivity contribution in [2.24, 2.45) is 0 Å². The largest absolute Gasteiger partial charge is 0.316 e. The third kappa shape index (κ3) is 3.26. The fraction of sp³-hybridized carbons (Fsp3) is 0.273. The molecule has 2 N–H and O–H groups in total. The van der Waals surface area contributed by atoms with Crippen molar-refractivity contribution in [3.05, 3.63) is 33.8 Å². The van der Waals surface area contributed by atoms with E-state index in [1.54, 1.807) is 20.0 Å². The van der Waals surface area contributed by atoms with Gasteiger partial charge in [-0.2, -0.15) is 0 Å². The number of rotatable bonds is 5. The van der Waals surface area contributed by atoms with Gasteiger partial charge in [0.1, 0.15) is 5.51 Å². The monoisotopic (exact) mass is 332 g/mol. The minimum Gasteiger partial charge on any atom is -0.316 e. The summed E-state index contributed by atoms with van der Waals surface area (Å²) in [7, 11) is -1.95. The van der Waals surface area contributed by atoms with Crippen molar-refractivity contribution in [3.63, 3.8) is 0 Å². The first-order valence-electron chi connectivity index (χ1n) is 5.66. The Morgan fingerprint density at radius 3 is 2.75 bits per heavy atom. The Balaban J connectivity index is 2.45. The first kappa shape index (κ1) is 15.2. The van der Waals surface area contributed by atoms with Gasteiger partial charge in [0.25, 0.3) is 10.0 Å². The van der Waals surface area contributed by atoms with Crippen molar-refractivity contribution in [2.45, 2.75) is 18.4 Å². The second kappa shape index (κ2) is 6.04. The minimum absolute atomic E-state index is 0.144. The van der Waals surface area contributed by atoms with E-state index >= 15 is 0 Å². The Kier molecular flexibility index (Phi) is 4.59. The Labute approximate surface area is 126 Å². The number of nitrogens with zero attached hydrogens (tertiary/aromatic N) is 2. The Morgan fingerprint density at radius 2 is 2.15 bits per heavy atom. The van der Waals surface area contributed by atoms with E-state index in [4.69, 9.17) is 11.6 Å². The zero-order valence-electron chi connectivity index (χ0n) is 10.8. The Hall–Kier alpha value is -1.22. The molecule has 1 aromatic heterocycles. The molecule has 2 aromatic rings.